The number of carbonyl (C=O) groups is 1. The van der Waals surface area contributed by atoms with E-state index in [0.29, 0.717) is 27.3 Å². The molecule has 0 aliphatic rings. The monoisotopic (exact) mass is 431 g/mol. The SMILES string of the molecule is CN(C)C(=O)Cc1nn(-c2ccncc2)c(=O)c2c1c1ccc(Cl)cc1n2C.Cl. The first kappa shape index (κ1) is 20.8. The number of aryl methyl sites for hydroxylation is 1. The molecular formula is C20H19Cl2N5O2. The van der Waals surface area contributed by atoms with Gasteiger partial charge in [0.15, 0.2) is 0 Å². The molecule has 1 amide bonds. The fourth-order valence-electron chi connectivity index (χ4n) is 3.35. The summed E-state index contributed by atoms with van der Waals surface area (Å²) in [6, 6.07) is 8.86. The highest BCUT2D eigenvalue weighted by Crippen LogP contribution is 2.30. The Bertz CT molecular complexity index is 1280. The van der Waals surface area contributed by atoms with Gasteiger partial charge in [0.05, 0.1) is 23.3 Å². The molecule has 0 unspecified atom stereocenters. The molecule has 9 heteroatoms. The van der Waals surface area contributed by atoms with Gasteiger partial charge in [-0.1, -0.05) is 17.7 Å². The molecule has 29 heavy (non-hydrogen) atoms. The standard InChI is InChI=1S/C20H18ClN5O2.ClH/c1-24(2)17(27)11-15-18-14-5-4-12(21)10-16(14)25(3)19(18)20(28)26(23-15)13-6-8-22-9-7-13;/h4-10H,11H2,1-3H3;1H. The Kier molecular flexibility index (Phi) is 5.64. The Balaban J connectivity index is 0.00000240. The minimum atomic E-state index is -0.267. The van der Waals surface area contributed by atoms with Crippen molar-refractivity contribution in [2.24, 2.45) is 7.05 Å². The molecule has 0 saturated heterocycles. The van der Waals surface area contributed by atoms with Crippen LogP contribution in [0.25, 0.3) is 27.5 Å². The molecular weight excluding hydrogens is 413 g/mol. The van der Waals surface area contributed by atoms with Gasteiger partial charge in [0.1, 0.15) is 5.52 Å². The van der Waals surface area contributed by atoms with Crippen molar-refractivity contribution in [2.75, 3.05) is 14.1 Å². The summed E-state index contributed by atoms with van der Waals surface area (Å²) in [7, 11) is 5.21. The summed E-state index contributed by atoms with van der Waals surface area (Å²) in [5, 5.41) is 6.66. The topological polar surface area (TPSA) is 73.0 Å². The number of benzene rings is 1. The Hall–Kier alpha value is -2.90. The van der Waals surface area contributed by atoms with E-state index < -0.39 is 0 Å². The number of pyridine rings is 1. The zero-order chi connectivity index (χ0) is 20.0. The van der Waals surface area contributed by atoms with Crippen LogP contribution < -0.4 is 5.56 Å². The third kappa shape index (κ3) is 3.47. The van der Waals surface area contributed by atoms with Crippen LogP contribution in [-0.2, 0) is 18.3 Å². The summed E-state index contributed by atoms with van der Waals surface area (Å²) in [6.45, 7) is 0. The summed E-state index contributed by atoms with van der Waals surface area (Å²) < 4.78 is 3.13. The molecule has 0 saturated carbocycles. The molecule has 3 heterocycles. The molecule has 0 atom stereocenters. The number of hydrogen-bond donors (Lipinski definition) is 0. The van der Waals surface area contributed by atoms with Crippen molar-refractivity contribution in [1.82, 2.24) is 24.2 Å². The largest absolute Gasteiger partial charge is 0.348 e. The van der Waals surface area contributed by atoms with Crippen molar-refractivity contribution in [1.29, 1.82) is 0 Å². The van der Waals surface area contributed by atoms with Crippen LogP contribution in [0.2, 0.25) is 5.02 Å². The van der Waals surface area contributed by atoms with E-state index in [-0.39, 0.29) is 30.3 Å². The number of hydrogen-bond acceptors (Lipinski definition) is 4. The number of amides is 1. The zero-order valence-electron chi connectivity index (χ0n) is 16.1. The second kappa shape index (κ2) is 7.85. The Morgan fingerprint density at radius 3 is 2.52 bits per heavy atom. The number of nitrogens with zero attached hydrogens (tertiary/aromatic N) is 5. The average Bonchev–Trinajstić information content (AvgIpc) is 2.97. The van der Waals surface area contributed by atoms with Crippen molar-refractivity contribution < 1.29 is 4.79 Å². The van der Waals surface area contributed by atoms with Gasteiger partial charge in [0.25, 0.3) is 5.56 Å². The van der Waals surface area contributed by atoms with Gasteiger partial charge in [-0.15, -0.1) is 12.4 Å². The molecule has 4 rings (SSSR count). The van der Waals surface area contributed by atoms with Gasteiger partial charge in [-0.25, -0.2) is 0 Å². The highest BCUT2D eigenvalue weighted by molar-refractivity contribution is 6.31. The lowest BCUT2D eigenvalue weighted by Gasteiger charge is -2.12. The van der Waals surface area contributed by atoms with Gasteiger partial charge < -0.3 is 9.47 Å². The van der Waals surface area contributed by atoms with Crippen LogP contribution in [0.15, 0.2) is 47.5 Å². The molecule has 0 spiro atoms. The van der Waals surface area contributed by atoms with Crippen LogP contribution in [0.4, 0.5) is 0 Å². The summed E-state index contributed by atoms with van der Waals surface area (Å²) >= 11 is 6.17. The molecule has 0 aliphatic heterocycles. The summed E-state index contributed by atoms with van der Waals surface area (Å²) in [5.74, 6) is -0.0975. The van der Waals surface area contributed by atoms with Crippen molar-refractivity contribution in [3.05, 3.63) is 63.8 Å². The molecule has 4 aromatic rings. The first-order chi connectivity index (χ1) is 13.4. The minimum Gasteiger partial charge on any atom is -0.348 e. The Morgan fingerprint density at radius 1 is 1.17 bits per heavy atom. The maximum absolute atomic E-state index is 13.3. The smallest absolute Gasteiger partial charge is 0.296 e. The lowest BCUT2D eigenvalue weighted by Crippen LogP contribution is -2.28. The average molecular weight is 432 g/mol. The fraction of sp³-hybridized carbons (Fsp3) is 0.200. The third-order valence-corrected chi connectivity index (χ3v) is 5.03. The molecule has 150 valence electrons. The number of rotatable bonds is 3. The van der Waals surface area contributed by atoms with Gasteiger partial charge in [0, 0.05) is 49.3 Å². The van der Waals surface area contributed by atoms with E-state index in [4.69, 9.17) is 11.6 Å². The van der Waals surface area contributed by atoms with E-state index in [0.717, 1.165) is 10.9 Å². The van der Waals surface area contributed by atoms with Crippen molar-refractivity contribution in [3.8, 4) is 5.69 Å². The van der Waals surface area contributed by atoms with Gasteiger partial charge in [-0.05, 0) is 24.3 Å². The van der Waals surface area contributed by atoms with Crippen molar-refractivity contribution >= 4 is 51.7 Å². The van der Waals surface area contributed by atoms with Gasteiger partial charge in [-0.3, -0.25) is 14.6 Å². The van der Waals surface area contributed by atoms with Crippen LogP contribution in [0, 0.1) is 0 Å². The quantitative estimate of drug-likeness (QED) is 0.499. The normalized spacial score (nSPS) is 10.9. The van der Waals surface area contributed by atoms with E-state index >= 15 is 0 Å². The van der Waals surface area contributed by atoms with E-state index in [9.17, 15) is 9.59 Å². The summed E-state index contributed by atoms with van der Waals surface area (Å²) in [6.07, 6.45) is 3.27. The molecule has 1 aromatic carbocycles. The van der Waals surface area contributed by atoms with Crippen LogP contribution in [-0.4, -0.2) is 44.2 Å². The highest BCUT2D eigenvalue weighted by Gasteiger charge is 2.21. The Morgan fingerprint density at radius 2 is 1.86 bits per heavy atom. The van der Waals surface area contributed by atoms with Crippen LogP contribution in [0.1, 0.15) is 5.69 Å². The summed E-state index contributed by atoms with van der Waals surface area (Å²) in [4.78, 5) is 31.3. The van der Waals surface area contributed by atoms with Crippen molar-refractivity contribution in [3.63, 3.8) is 0 Å². The Labute approximate surface area is 177 Å². The molecule has 7 nitrogen and oxygen atoms in total. The predicted octanol–water partition coefficient (Wildman–Crippen LogP) is 2.98. The molecule has 0 N–H and O–H groups in total. The number of carbonyl (C=O) groups excluding carboxylic acids is 1. The van der Waals surface area contributed by atoms with Gasteiger partial charge >= 0.3 is 0 Å². The number of fused-ring (bicyclic) bond motifs is 3. The maximum atomic E-state index is 13.3. The van der Waals surface area contributed by atoms with Crippen LogP contribution >= 0.6 is 24.0 Å². The maximum Gasteiger partial charge on any atom is 0.296 e. The van der Waals surface area contributed by atoms with Gasteiger partial charge in [0.2, 0.25) is 5.91 Å². The first-order valence-electron chi connectivity index (χ1n) is 8.69. The lowest BCUT2D eigenvalue weighted by molar-refractivity contribution is -0.128. The number of aromatic nitrogens is 4. The van der Waals surface area contributed by atoms with E-state index in [1.807, 2.05) is 23.7 Å². The third-order valence-electron chi connectivity index (χ3n) is 4.79. The molecule has 0 aliphatic carbocycles. The zero-order valence-corrected chi connectivity index (χ0v) is 17.7. The van der Waals surface area contributed by atoms with Crippen LogP contribution in [0.5, 0.6) is 0 Å². The first-order valence-corrected chi connectivity index (χ1v) is 9.06. The van der Waals surface area contributed by atoms with Gasteiger partial charge in [-0.2, -0.15) is 9.78 Å². The molecule has 0 fully saturated rings. The van der Waals surface area contributed by atoms with Crippen LogP contribution in [0.3, 0.4) is 0 Å². The molecule has 0 radical (unpaired) electrons. The van der Waals surface area contributed by atoms with Crippen molar-refractivity contribution in [2.45, 2.75) is 6.42 Å². The molecule has 3 aromatic heterocycles. The lowest BCUT2D eigenvalue weighted by atomic mass is 10.1. The minimum absolute atomic E-state index is 0. The van der Waals surface area contributed by atoms with E-state index in [1.54, 1.807) is 44.7 Å². The predicted molar refractivity (Wildman–Crippen MR) is 116 cm³/mol. The number of likely N-dealkylation sites (N-methyl/N-ethyl adjacent to an activating group) is 1. The summed E-state index contributed by atoms with van der Waals surface area (Å²) in [5.41, 5.74) is 2.15. The second-order valence-corrected chi connectivity index (χ2v) is 7.21. The second-order valence-electron chi connectivity index (χ2n) is 6.78. The van der Waals surface area contributed by atoms with E-state index in [2.05, 4.69) is 10.1 Å². The number of halogens is 2. The highest BCUT2D eigenvalue weighted by atomic mass is 35.5. The van der Waals surface area contributed by atoms with E-state index in [1.165, 1.54) is 9.58 Å². The molecule has 0 bridgehead atoms. The fourth-order valence-corrected chi connectivity index (χ4v) is 3.52.